The van der Waals surface area contributed by atoms with Crippen LogP contribution in [0, 0.1) is 6.92 Å². The predicted octanol–water partition coefficient (Wildman–Crippen LogP) is 3.03. The summed E-state index contributed by atoms with van der Waals surface area (Å²) >= 11 is 0. The highest BCUT2D eigenvalue weighted by Crippen LogP contribution is 2.27. The van der Waals surface area contributed by atoms with Crippen LogP contribution in [0.1, 0.15) is 25.3 Å². The van der Waals surface area contributed by atoms with E-state index >= 15 is 0 Å². The van der Waals surface area contributed by atoms with Crippen LogP contribution in [0.15, 0.2) is 24.3 Å². The number of hydrogen-bond acceptors (Lipinski definition) is 4. The number of carbonyl (C=O) groups is 1. The minimum absolute atomic E-state index is 0.126. The fourth-order valence-electron chi connectivity index (χ4n) is 3.15. The van der Waals surface area contributed by atoms with Gasteiger partial charge in [-0.05, 0) is 44.4 Å². The quantitative estimate of drug-likeness (QED) is 0.804. The Morgan fingerprint density at radius 2 is 2.29 bits per heavy atom. The summed E-state index contributed by atoms with van der Waals surface area (Å²) < 4.78 is 7.27. The Hall–Kier alpha value is -2.47. The van der Waals surface area contributed by atoms with E-state index in [1.54, 1.807) is 0 Å². The maximum atomic E-state index is 12.4. The number of hydrogen-bond donors (Lipinski definition) is 1. The molecule has 3 aromatic rings. The zero-order valence-electron chi connectivity index (χ0n) is 13.9. The van der Waals surface area contributed by atoms with Gasteiger partial charge in [0.15, 0.2) is 11.5 Å². The molecule has 0 spiro atoms. The van der Waals surface area contributed by atoms with Gasteiger partial charge in [-0.2, -0.15) is 5.10 Å². The summed E-state index contributed by atoms with van der Waals surface area (Å²) in [5.74, 6) is 0.432. The standard InChI is InChI=1S/C18H20N4O2/c1-3-22-17-13(10-12-7-6-11(2)9-14(12)19-17)16(21-22)20-18(23)15-5-4-8-24-15/h6-7,9-10,15H,3-5,8H2,1-2H3,(H,20,21,23). The number of amides is 1. The molecule has 24 heavy (non-hydrogen) atoms. The molecular formula is C18H20N4O2. The second-order valence-electron chi connectivity index (χ2n) is 6.21. The average molecular weight is 324 g/mol. The van der Waals surface area contributed by atoms with Crippen molar-refractivity contribution in [3.8, 4) is 0 Å². The molecule has 2 aromatic heterocycles. The van der Waals surface area contributed by atoms with Gasteiger partial charge in [0.1, 0.15) is 6.10 Å². The second kappa shape index (κ2) is 5.87. The zero-order valence-corrected chi connectivity index (χ0v) is 13.9. The number of fused-ring (bicyclic) bond motifs is 2. The van der Waals surface area contributed by atoms with E-state index in [4.69, 9.17) is 9.72 Å². The highest BCUT2D eigenvalue weighted by atomic mass is 16.5. The molecule has 1 fully saturated rings. The molecule has 0 bridgehead atoms. The summed E-state index contributed by atoms with van der Waals surface area (Å²) in [5, 5.41) is 9.35. The molecule has 0 saturated carbocycles. The third-order valence-corrected chi connectivity index (χ3v) is 4.44. The molecule has 124 valence electrons. The average Bonchev–Trinajstić information content (AvgIpc) is 3.21. The van der Waals surface area contributed by atoms with Crippen LogP contribution in [0.4, 0.5) is 5.82 Å². The van der Waals surface area contributed by atoms with Crippen LogP contribution in [0.3, 0.4) is 0 Å². The van der Waals surface area contributed by atoms with E-state index in [2.05, 4.69) is 29.5 Å². The van der Waals surface area contributed by atoms with E-state index in [9.17, 15) is 4.79 Å². The van der Waals surface area contributed by atoms with Gasteiger partial charge < -0.3 is 10.1 Å². The minimum atomic E-state index is -0.372. The monoisotopic (exact) mass is 324 g/mol. The van der Waals surface area contributed by atoms with E-state index in [0.29, 0.717) is 19.0 Å². The van der Waals surface area contributed by atoms with Gasteiger partial charge in [0, 0.05) is 18.5 Å². The number of carbonyl (C=O) groups excluding carboxylic acids is 1. The summed E-state index contributed by atoms with van der Waals surface area (Å²) in [6.45, 7) is 5.40. The van der Waals surface area contributed by atoms with Crippen LogP contribution in [0.25, 0.3) is 21.9 Å². The molecule has 1 atom stereocenters. The Balaban J connectivity index is 1.80. The van der Waals surface area contributed by atoms with Crippen molar-refractivity contribution in [2.45, 2.75) is 39.3 Å². The van der Waals surface area contributed by atoms with Crippen LogP contribution in [-0.4, -0.2) is 33.4 Å². The fourth-order valence-corrected chi connectivity index (χ4v) is 3.15. The maximum absolute atomic E-state index is 12.4. The van der Waals surface area contributed by atoms with Gasteiger partial charge in [-0.25, -0.2) is 9.67 Å². The van der Waals surface area contributed by atoms with Crippen molar-refractivity contribution in [2.75, 3.05) is 11.9 Å². The molecule has 6 nitrogen and oxygen atoms in total. The predicted molar refractivity (Wildman–Crippen MR) is 93.0 cm³/mol. The summed E-state index contributed by atoms with van der Waals surface area (Å²) in [7, 11) is 0. The number of nitrogens with zero attached hydrogens (tertiary/aromatic N) is 3. The van der Waals surface area contributed by atoms with Gasteiger partial charge in [-0.15, -0.1) is 0 Å². The Bertz CT molecular complexity index is 926. The first-order valence-corrected chi connectivity index (χ1v) is 8.36. The molecule has 1 amide bonds. The molecular weight excluding hydrogens is 304 g/mol. The molecule has 1 aliphatic heterocycles. The lowest BCUT2D eigenvalue weighted by Crippen LogP contribution is -2.27. The fraction of sp³-hybridized carbons (Fsp3) is 0.389. The van der Waals surface area contributed by atoms with Crippen molar-refractivity contribution in [3.63, 3.8) is 0 Å². The summed E-state index contributed by atoms with van der Waals surface area (Å²) in [6, 6.07) is 8.21. The SMILES string of the molecule is CCn1nc(NC(=O)C2CCCO2)c2cc3ccc(C)cc3nc21. The minimum Gasteiger partial charge on any atom is -0.368 e. The molecule has 4 rings (SSSR count). The molecule has 3 heterocycles. The number of aryl methyl sites for hydroxylation is 2. The third-order valence-electron chi connectivity index (χ3n) is 4.44. The van der Waals surface area contributed by atoms with Crippen molar-refractivity contribution in [3.05, 3.63) is 29.8 Å². The second-order valence-corrected chi connectivity index (χ2v) is 6.21. The van der Waals surface area contributed by atoms with Crippen LogP contribution in [0.2, 0.25) is 0 Å². The van der Waals surface area contributed by atoms with E-state index in [1.807, 2.05) is 23.7 Å². The van der Waals surface area contributed by atoms with E-state index < -0.39 is 0 Å². The van der Waals surface area contributed by atoms with E-state index in [0.717, 1.165) is 34.8 Å². The van der Waals surface area contributed by atoms with Gasteiger partial charge in [0.05, 0.1) is 10.9 Å². The van der Waals surface area contributed by atoms with Gasteiger partial charge in [-0.3, -0.25) is 4.79 Å². The van der Waals surface area contributed by atoms with Crippen LogP contribution in [0.5, 0.6) is 0 Å². The Morgan fingerprint density at radius 1 is 1.42 bits per heavy atom. The Kier molecular flexibility index (Phi) is 3.69. The van der Waals surface area contributed by atoms with Gasteiger partial charge in [-0.1, -0.05) is 12.1 Å². The van der Waals surface area contributed by atoms with Gasteiger partial charge >= 0.3 is 0 Å². The lowest BCUT2D eigenvalue weighted by atomic mass is 10.1. The third kappa shape index (κ3) is 2.53. The van der Waals surface area contributed by atoms with Crippen LogP contribution < -0.4 is 5.32 Å². The zero-order chi connectivity index (χ0) is 16.7. The lowest BCUT2D eigenvalue weighted by Gasteiger charge is -2.08. The molecule has 6 heteroatoms. The molecule has 0 radical (unpaired) electrons. The van der Waals surface area contributed by atoms with Crippen molar-refractivity contribution >= 4 is 33.7 Å². The summed E-state index contributed by atoms with van der Waals surface area (Å²) in [4.78, 5) is 17.1. The highest BCUT2D eigenvalue weighted by Gasteiger charge is 2.25. The molecule has 1 saturated heterocycles. The Labute approximate surface area is 139 Å². The van der Waals surface area contributed by atoms with Crippen LogP contribution in [-0.2, 0) is 16.1 Å². The van der Waals surface area contributed by atoms with Crippen molar-refractivity contribution in [1.29, 1.82) is 0 Å². The first kappa shape index (κ1) is 15.1. The lowest BCUT2D eigenvalue weighted by molar-refractivity contribution is -0.124. The van der Waals surface area contributed by atoms with Gasteiger partial charge in [0.2, 0.25) is 0 Å². The topological polar surface area (TPSA) is 69.0 Å². The maximum Gasteiger partial charge on any atom is 0.254 e. The highest BCUT2D eigenvalue weighted by molar-refractivity contribution is 6.03. The molecule has 0 aliphatic carbocycles. The number of pyridine rings is 1. The molecule has 1 N–H and O–H groups in total. The van der Waals surface area contributed by atoms with E-state index in [1.165, 1.54) is 5.56 Å². The number of ether oxygens (including phenoxy) is 1. The number of nitrogens with one attached hydrogen (secondary N) is 1. The first-order chi connectivity index (χ1) is 11.7. The summed E-state index contributed by atoms with van der Waals surface area (Å²) in [6.07, 6.45) is 1.31. The number of benzene rings is 1. The smallest absolute Gasteiger partial charge is 0.254 e. The summed E-state index contributed by atoms with van der Waals surface area (Å²) in [5.41, 5.74) is 2.90. The van der Waals surface area contributed by atoms with E-state index in [-0.39, 0.29) is 12.0 Å². The number of aromatic nitrogens is 3. The first-order valence-electron chi connectivity index (χ1n) is 8.36. The van der Waals surface area contributed by atoms with Crippen molar-refractivity contribution < 1.29 is 9.53 Å². The van der Waals surface area contributed by atoms with Crippen molar-refractivity contribution in [1.82, 2.24) is 14.8 Å². The van der Waals surface area contributed by atoms with Crippen LogP contribution >= 0.6 is 0 Å². The van der Waals surface area contributed by atoms with Gasteiger partial charge in [0.25, 0.3) is 5.91 Å². The molecule has 1 unspecified atom stereocenters. The normalized spacial score (nSPS) is 17.7. The number of rotatable bonds is 3. The molecule has 1 aliphatic rings. The molecule has 1 aromatic carbocycles. The Morgan fingerprint density at radius 3 is 3.04 bits per heavy atom. The van der Waals surface area contributed by atoms with Crippen molar-refractivity contribution in [2.24, 2.45) is 0 Å². The number of anilines is 1. The largest absolute Gasteiger partial charge is 0.368 e.